The van der Waals surface area contributed by atoms with Crippen molar-refractivity contribution in [2.75, 3.05) is 0 Å². The molecule has 0 bridgehead atoms. The first-order chi connectivity index (χ1) is 7.85. The van der Waals surface area contributed by atoms with E-state index in [1.54, 1.807) is 0 Å². The monoisotopic (exact) mass is 409 g/mol. The summed E-state index contributed by atoms with van der Waals surface area (Å²) in [5.74, 6) is -0.0196. The number of amides is 1. The van der Waals surface area contributed by atoms with Crippen LogP contribution < -0.4 is 5.32 Å². The molecule has 1 amide bonds. The molecule has 0 aromatic heterocycles. The molecule has 94 valence electrons. The minimum absolute atomic E-state index is 0.0196. The summed E-state index contributed by atoms with van der Waals surface area (Å²) in [7, 11) is 0. The zero-order valence-corrected chi connectivity index (χ0v) is 14.1. The van der Waals surface area contributed by atoms with E-state index >= 15 is 0 Å². The van der Waals surface area contributed by atoms with Gasteiger partial charge in [0.2, 0.25) is 0 Å². The summed E-state index contributed by atoms with van der Waals surface area (Å²) in [6, 6.07) is 5.77. The Balaban J connectivity index is 2.86. The van der Waals surface area contributed by atoms with Crippen LogP contribution in [0, 0.1) is 3.57 Å². The fourth-order valence-corrected chi connectivity index (χ4v) is 2.65. The highest BCUT2D eigenvalue weighted by Gasteiger charge is 2.21. The molecule has 0 saturated carbocycles. The molecular formula is C13H17BrINO. The first-order valence-electron chi connectivity index (χ1n) is 5.63. The Morgan fingerprint density at radius 2 is 2.12 bits per heavy atom. The van der Waals surface area contributed by atoms with Crippen LogP contribution in [0.25, 0.3) is 0 Å². The zero-order chi connectivity index (χ0) is 13.1. The van der Waals surface area contributed by atoms with Gasteiger partial charge in [0.1, 0.15) is 0 Å². The van der Waals surface area contributed by atoms with Crippen LogP contribution in [0.5, 0.6) is 0 Å². The Morgan fingerprint density at radius 1 is 1.47 bits per heavy atom. The van der Waals surface area contributed by atoms with Crippen LogP contribution in [0.3, 0.4) is 0 Å². The van der Waals surface area contributed by atoms with Crippen molar-refractivity contribution < 1.29 is 4.79 Å². The van der Waals surface area contributed by atoms with Crippen LogP contribution in [-0.4, -0.2) is 11.4 Å². The molecule has 1 aromatic carbocycles. The molecule has 0 aliphatic rings. The maximum atomic E-state index is 12.2. The van der Waals surface area contributed by atoms with E-state index in [0.717, 1.165) is 20.9 Å². The predicted molar refractivity (Wildman–Crippen MR) is 83.3 cm³/mol. The zero-order valence-electron chi connectivity index (χ0n) is 10.3. The summed E-state index contributed by atoms with van der Waals surface area (Å²) in [4.78, 5) is 12.2. The van der Waals surface area contributed by atoms with E-state index in [9.17, 15) is 4.79 Å². The molecule has 1 N–H and O–H groups in total. The molecule has 0 heterocycles. The number of benzene rings is 1. The molecular weight excluding hydrogens is 393 g/mol. The van der Waals surface area contributed by atoms with Crippen molar-refractivity contribution in [3.8, 4) is 0 Å². The number of nitrogens with one attached hydrogen (secondary N) is 1. The molecule has 1 aromatic rings. The Labute approximate surface area is 125 Å². The fraction of sp³-hybridized carbons (Fsp3) is 0.462. The van der Waals surface area contributed by atoms with E-state index in [-0.39, 0.29) is 11.4 Å². The van der Waals surface area contributed by atoms with Gasteiger partial charge in [-0.25, -0.2) is 0 Å². The van der Waals surface area contributed by atoms with E-state index in [0.29, 0.717) is 5.56 Å². The van der Waals surface area contributed by atoms with Crippen LogP contribution in [0.15, 0.2) is 22.7 Å². The Kier molecular flexibility index (Phi) is 5.44. The molecule has 0 spiro atoms. The largest absolute Gasteiger partial charge is 0.347 e. The normalized spacial score (nSPS) is 11.4. The van der Waals surface area contributed by atoms with Gasteiger partial charge in [-0.2, -0.15) is 0 Å². The SMILES string of the molecule is CCCC(C)(C)NC(=O)c1cc(I)ccc1Br. The van der Waals surface area contributed by atoms with Crippen molar-refractivity contribution in [2.45, 2.75) is 39.2 Å². The highest BCUT2D eigenvalue weighted by Crippen LogP contribution is 2.21. The van der Waals surface area contributed by atoms with Gasteiger partial charge in [0, 0.05) is 13.6 Å². The lowest BCUT2D eigenvalue weighted by Crippen LogP contribution is -2.43. The van der Waals surface area contributed by atoms with Gasteiger partial charge in [-0.05, 0) is 77.0 Å². The lowest BCUT2D eigenvalue weighted by molar-refractivity contribution is 0.0908. The van der Waals surface area contributed by atoms with E-state index in [1.807, 2.05) is 18.2 Å². The smallest absolute Gasteiger partial charge is 0.252 e. The quantitative estimate of drug-likeness (QED) is 0.735. The summed E-state index contributed by atoms with van der Waals surface area (Å²) in [5, 5.41) is 3.07. The Bertz CT molecular complexity index is 418. The molecule has 0 unspecified atom stereocenters. The second-order valence-corrected chi connectivity index (χ2v) is 6.81. The molecule has 0 fully saturated rings. The van der Waals surface area contributed by atoms with Crippen LogP contribution in [0.4, 0.5) is 0 Å². The predicted octanol–water partition coefficient (Wildman–Crippen LogP) is 4.36. The van der Waals surface area contributed by atoms with Crippen molar-refractivity contribution >= 4 is 44.4 Å². The van der Waals surface area contributed by atoms with Crippen molar-refractivity contribution in [2.24, 2.45) is 0 Å². The van der Waals surface area contributed by atoms with Crippen LogP contribution >= 0.6 is 38.5 Å². The Hall–Kier alpha value is -0.100. The summed E-state index contributed by atoms with van der Waals surface area (Å²) in [6.07, 6.45) is 2.03. The fourth-order valence-electron chi connectivity index (χ4n) is 1.73. The second kappa shape index (κ2) is 6.18. The second-order valence-electron chi connectivity index (χ2n) is 4.71. The van der Waals surface area contributed by atoms with Crippen LogP contribution in [0.1, 0.15) is 44.0 Å². The number of carbonyl (C=O) groups is 1. The van der Waals surface area contributed by atoms with Crippen molar-refractivity contribution in [1.29, 1.82) is 0 Å². The highest BCUT2D eigenvalue weighted by atomic mass is 127. The number of carbonyl (C=O) groups excluding carboxylic acids is 1. The molecule has 2 nitrogen and oxygen atoms in total. The van der Waals surface area contributed by atoms with E-state index in [1.165, 1.54) is 0 Å². The molecule has 0 aliphatic carbocycles. The maximum absolute atomic E-state index is 12.2. The summed E-state index contributed by atoms with van der Waals surface area (Å²) in [5.41, 5.74) is 0.535. The van der Waals surface area contributed by atoms with Gasteiger partial charge in [-0.15, -0.1) is 0 Å². The molecule has 1 rings (SSSR count). The molecule has 0 atom stereocenters. The van der Waals surface area contributed by atoms with Gasteiger partial charge in [0.05, 0.1) is 5.56 Å². The van der Waals surface area contributed by atoms with Gasteiger partial charge in [0.25, 0.3) is 5.91 Å². The number of halogens is 2. The summed E-state index contributed by atoms with van der Waals surface area (Å²) < 4.78 is 1.90. The molecule has 4 heteroatoms. The number of hydrogen-bond donors (Lipinski definition) is 1. The summed E-state index contributed by atoms with van der Waals surface area (Å²) in [6.45, 7) is 6.22. The molecule has 0 saturated heterocycles. The lowest BCUT2D eigenvalue weighted by Gasteiger charge is -2.26. The third kappa shape index (κ3) is 4.58. The molecule has 17 heavy (non-hydrogen) atoms. The third-order valence-corrected chi connectivity index (χ3v) is 3.86. The molecule has 0 aliphatic heterocycles. The molecule has 0 radical (unpaired) electrons. The van der Waals surface area contributed by atoms with Gasteiger partial charge < -0.3 is 5.32 Å². The minimum Gasteiger partial charge on any atom is -0.347 e. The maximum Gasteiger partial charge on any atom is 0.252 e. The van der Waals surface area contributed by atoms with Gasteiger partial charge in [0.15, 0.2) is 0 Å². The Morgan fingerprint density at radius 3 is 2.71 bits per heavy atom. The highest BCUT2D eigenvalue weighted by molar-refractivity contribution is 14.1. The average molecular weight is 410 g/mol. The first kappa shape index (κ1) is 15.0. The van der Waals surface area contributed by atoms with Crippen molar-refractivity contribution in [3.05, 3.63) is 31.8 Å². The van der Waals surface area contributed by atoms with Crippen LogP contribution in [-0.2, 0) is 0 Å². The van der Waals surface area contributed by atoms with Crippen LogP contribution in [0.2, 0.25) is 0 Å². The minimum atomic E-state index is -0.160. The standard InChI is InChI=1S/C13H17BrINO/c1-4-7-13(2,3)16-12(17)10-8-9(15)5-6-11(10)14/h5-6,8H,4,7H2,1-3H3,(H,16,17). The summed E-state index contributed by atoms with van der Waals surface area (Å²) >= 11 is 5.62. The lowest BCUT2D eigenvalue weighted by atomic mass is 9.98. The van der Waals surface area contributed by atoms with E-state index < -0.39 is 0 Å². The third-order valence-electron chi connectivity index (χ3n) is 2.50. The average Bonchev–Trinajstić information content (AvgIpc) is 2.20. The topological polar surface area (TPSA) is 29.1 Å². The van der Waals surface area contributed by atoms with Crippen molar-refractivity contribution in [1.82, 2.24) is 5.32 Å². The number of hydrogen-bond acceptors (Lipinski definition) is 1. The van der Waals surface area contributed by atoms with Gasteiger partial charge in [-0.3, -0.25) is 4.79 Å². The van der Waals surface area contributed by atoms with E-state index in [4.69, 9.17) is 0 Å². The van der Waals surface area contributed by atoms with Gasteiger partial charge in [-0.1, -0.05) is 13.3 Å². The number of rotatable bonds is 4. The van der Waals surface area contributed by atoms with Gasteiger partial charge >= 0.3 is 0 Å². The first-order valence-corrected chi connectivity index (χ1v) is 7.50. The van der Waals surface area contributed by atoms with Crippen molar-refractivity contribution in [3.63, 3.8) is 0 Å². The van der Waals surface area contributed by atoms with E-state index in [2.05, 4.69) is 64.6 Å².